The molecule has 0 bridgehead atoms. The first-order chi connectivity index (χ1) is 13.2. The summed E-state index contributed by atoms with van der Waals surface area (Å²) in [5, 5.41) is 4.32. The molecule has 1 aromatic carbocycles. The summed E-state index contributed by atoms with van der Waals surface area (Å²) in [5.74, 6) is 0. The molecule has 1 aliphatic heterocycles. The molecule has 2 aromatic heterocycles. The summed E-state index contributed by atoms with van der Waals surface area (Å²) in [5.41, 5.74) is 4.65. The van der Waals surface area contributed by atoms with Crippen LogP contribution in [-0.4, -0.2) is 26.1 Å². The quantitative estimate of drug-likeness (QED) is 0.662. The van der Waals surface area contributed by atoms with E-state index in [9.17, 15) is 0 Å². The van der Waals surface area contributed by atoms with Crippen molar-refractivity contribution in [2.24, 2.45) is 0 Å². The first-order valence-corrected chi connectivity index (χ1v) is 9.82. The van der Waals surface area contributed by atoms with E-state index in [0.29, 0.717) is 0 Å². The van der Waals surface area contributed by atoms with Gasteiger partial charge in [-0.1, -0.05) is 25.1 Å². The van der Waals surface area contributed by atoms with Gasteiger partial charge in [-0.25, -0.2) is 0 Å². The van der Waals surface area contributed by atoms with Crippen molar-refractivity contribution < 1.29 is 0 Å². The number of hydrogen-bond donors (Lipinski definition) is 1. The van der Waals surface area contributed by atoms with Gasteiger partial charge in [0.1, 0.15) is 0 Å². The van der Waals surface area contributed by atoms with Crippen LogP contribution in [0.1, 0.15) is 42.4 Å². The smallest absolute Gasteiger partial charge is 0.170 e. The van der Waals surface area contributed by atoms with Gasteiger partial charge in [-0.3, -0.25) is 4.98 Å². The van der Waals surface area contributed by atoms with E-state index in [1.165, 1.54) is 16.9 Å². The second kappa shape index (κ2) is 7.53. The molecule has 0 aliphatic carbocycles. The number of aromatic nitrogens is 2. The zero-order valence-corrected chi connectivity index (χ0v) is 16.5. The Morgan fingerprint density at radius 1 is 1.11 bits per heavy atom. The summed E-state index contributed by atoms with van der Waals surface area (Å²) in [7, 11) is 0. The molecular formula is C22H24N4S. The summed E-state index contributed by atoms with van der Waals surface area (Å²) in [6.07, 6.45) is 5.02. The van der Waals surface area contributed by atoms with Gasteiger partial charge in [0.05, 0.1) is 17.8 Å². The molecule has 1 aliphatic rings. The molecule has 1 saturated heterocycles. The second-order valence-electron chi connectivity index (χ2n) is 6.96. The van der Waals surface area contributed by atoms with Crippen molar-refractivity contribution in [3.8, 4) is 5.69 Å². The maximum atomic E-state index is 5.69. The molecule has 0 radical (unpaired) electrons. The third-order valence-electron chi connectivity index (χ3n) is 5.03. The summed E-state index contributed by atoms with van der Waals surface area (Å²) < 4.78 is 2.27. The fourth-order valence-corrected chi connectivity index (χ4v) is 4.19. The minimum Gasteiger partial charge on any atom is -0.352 e. The number of rotatable bonds is 5. The zero-order chi connectivity index (χ0) is 18.8. The van der Waals surface area contributed by atoms with Crippen LogP contribution in [0, 0.1) is 6.92 Å². The van der Waals surface area contributed by atoms with Gasteiger partial charge in [0.25, 0.3) is 0 Å². The summed E-state index contributed by atoms with van der Waals surface area (Å²) in [6.45, 7) is 5.23. The highest BCUT2D eigenvalue weighted by molar-refractivity contribution is 7.80. The van der Waals surface area contributed by atoms with Crippen molar-refractivity contribution >= 4 is 17.3 Å². The van der Waals surface area contributed by atoms with E-state index in [-0.39, 0.29) is 12.1 Å². The molecule has 0 spiro atoms. The van der Waals surface area contributed by atoms with Crippen LogP contribution in [0.2, 0.25) is 0 Å². The number of aryl methyl sites for hydroxylation is 1. The molecule has 3 heterocycles. The molecule has 4 rings (SSSR count). The topological polar surface area (TPSA) is 33.1 Å². The van der Waals surface area contributed by atoms with Crippen LogP contribution in [0.5, 0.6) is 0 Å². The van der Waals surface area contributed by atoms with E-state index in [2.05, 4.69) is 82.3 Å². The largest absolute Gasteiger partial charge is 0.352 e. The summed E-state index contributed by atoms with van der Waals surface area (Å²) in [6, 6.07) is 19.1. The van der Waals surface area contributed by atoms with E-state index >= 15 is 0 Å². The normalized spacial score (nSPS) is 19.3. The predicted octanol–water partition coefficient (Wildman–Crippen LogP) is 4.56. The van der Waals surface area contributed by atoms with E-state index < -0.39 is 0 Å². The Kier molecular flexibility index (Phi) is 4.94. The first-order valence-electron chi connectivity index (χ1n) is 9.41. The van der Waals surface area contributed by atoms with Crippen LogP contribution in [-0.2, 0) is 0 Å². The lowest BCUT2D eigenvalue weighted by atomic mass is 10.0. The highest BCUT2D eigenvalue weighted by Crippen LogP contribution is 2.39. The minimum atomic E-state index is 0.0312. The van der Waals surface area contributed by atoms with Crippen LogP contribution >= 0.6 is 12.2 Å². The molecule has 0 amide bonds. The molecule has 138 valence electrons. The molecule has 2 atom stereocenters. The van der Waals surface area contributed by atoms with Gasteiger partial charge < -0.3 is 14.8 Å². The molecule has 1 N–H and O–H groups in total. The van der Waals surface area contributed by atoms with Gasteiger partial charge in [0.15, 0.2) is 5.11 Å². The Balaban J connectivity index is 1.81. The predicted molar refractivity (Wildman–Crippen MR) is 113 cm³/mol. The Bertz CT molecular complexity index is 934. The van der Waals surface area contributed by atoms with Gasteiger partial charge in [-0.2, -0.15) is 0 Å². The van der Waals surface area contributed by atoms with Crippen LogP contribution in [0.25, 0.3) is 5.69 Å². The molecule has 5 heteroatoms. The highest BCUT2D eigenvalue weighted by atomic mass is 32.1. The highest BCUT2D eigenvalue weighted by Gasteiger charge is 2.40. The molecule has 4 nitrogen and oxygen atoms in total. The minimum absolute atomic E-state index is 0.0312. The van der Waals surface area contributed by atoms with Gasteiger partial charge in [0.2, 0.25) is 0 Å². The maximum absolute atomic E-state index is 5.69. The van der Waals surface area contributed by atoms with Crippen LogP contribution in [0.3, 0.4) is 0 Å². The number of nitrogens with zero attached hydrogens (tertiary/aromatic N) is 3. The van der Waals surface area contributed by atoms with Crippen LogP contribution < -0.4 is 5.32 Å². The lowest BCUT2D eigenvalue weighted by molar-refractivity contribution is 0.309. The summed E-state index contributed by atoms with van der Waals surface area (Å²) in [4.78, 5) is 6.91. The SMILES string of the molecule is CCCN1C(=S)N[C@@H](c2ccccn2)[C@H]1c1cccn1-c1cccc(C)c1. The van der Waals surface area contributed by atoms with Gasteiger partial charge in [-0.05, 0) is 67.5 Å². The molecule has 27 heavy (non-hydrogen) atoms. The Labute approximate surface area is 165 Å². The van der Waals surface area contributed by atoms with E-state index in [0.717, 1.165) is 23.8 Å². The van der Waals surface area contributed by atoms with Crippen LogP contribution in [0.4, 0.5) is 0 Å². The number of benzene rings is 1. The lowest BCUT2D eigenvalue weighted by Gasteiger charge is -2.28. The third-order valence-corrected chi connectivity index (χ3v) is 5.38. The number of nitrogens with one attached hydrogen (secondary N) is 1. The Morgan fingerprint density at radius 3 is 2.74 bits per heavy atom. The molecule has 0 saturated carbocycles. The second-order valence-corrected chi connectivity index (χ2v) is 7.35. The van der Waals surface area contributed by atoms with Crippen molar-refractivity contribution in [2.75, 3.05) is 6.54 Å². The monoisotopic (exact) mass is 376 g/mol. The molecule has 1 fully saturated rings. The fraction of sp³-hybridized carbons (Fsp3) is 0.273. The summed E-state index contributed by atoms with van der Waals surface area (Å²) >= 11 is 5.69. The van der Waals surface area contributed by atoms with Gasteiger partial charge >= 0.3 is 0 Å². The van der Waals surface area contributed by atoms with Crippen LogP contribution in [0.15, 0.2) is 67.0 Å². The average molecular weight is 377 g/mol. The number of thiocarbonyl (C=S) groups is 1. The number of hydrogen-bond acceptors (Lipinski definition) is 2. The molecule has 3 aromatic rings. The average Bonchev–Trinajstić information content (AvgIpc) is 3.28. The molecule has 0 unspecified atom stereocenters. The molecular weight excluding hydrogens is 352 g/mol. The van der Waals surface area contributed by atoms with Crippen molar-refractivity contribution in [2.45, 2.75) is 32.4 Å². The van der Waals surface area contributed by atoms with Crippen molar-refractivity contribution in [3.05, 3.63) is 83.9 Å². The van der Waals surface area contributed by atoms with E-state index in [1.54, 1.807) is 0 Å². The van der Waals surface area contributed by atoms with E-state index in [4.69, 9.17) is 12.2 Å². The van der Waals surface area contributed by atoms with Gasteiger partial charge in [0, 0.05) is 30.3 Å². The Morgan fingerprint density at radius 2 is 2.00 bits per heavy atom. The fourth-order valence-electron chi connectivity index (χ4n) is 3.86. The number of pyridine rings is 1. The van der Waals surface area contributed by atoms with Crippen molar-refractivity contribution in [3.63, 3.8) is 0 Å². The maximum Gasteiger partial charge on any atom is 0.170 e. The Hall–Kier alpha value is -2.66. The van der Waals surface area contributed by atoms with Crippen molar-refractivity contribution in [1.82, 2.24) is 19.8 Å². The standard InChI is InChI=1S/C22H24N4S/c1-3-13-26-21(20(24-22(26)27)18-10-4-5-12-23-18)19-11-7-14-25(19)17-9-6-8-16(2)15-17/h4-12,14-15,20-21H,3,13H2,1-2H3,(H,24,27)/t20-,21+/m0/s1. The first kappa shape index (κ1) is 17.7. The van der Waals surface area contributed by atoms with Gasteiger partial charge in [-0.15, -0.1) is 0 Å². The van der Waals surface area contributed by atoms with Crippen molar-refractivity contribution in [1.29, 1.82) is 0 Å². The van der Waals surface area contributed by atoms with E-state index in [1.807, 2.05) is 18.3 Å². The lowest BCUT2D eigenvalue weighted by Crippen LogP contribution is -2.31. The zero-order valence-electron chi connectivity index (χ0n) is 15.7. The third kappa shape index (κ3) is 3.35.